The van der Waals surface area contributed by atoms with E-state index in [0.29, 0.717) is 28.5 Å². The number of hydrogen-bond acceptors (Lipinski definition) is 8. The molecule has 194 valence electrons. The van der Waals surface area contributed by atoms with Crippen LogP contribution in [0.5, 0.6) is 17.2 Å². The normalized spacial score (nSPS) is 14.3. The Hall–Kier alpha value is -5.19. The topological polar surface area (TPSA) is 137 Å². The highest BCUT2D eigenvalue weighted by atomic mass is 16.6. The minimum absolute atomic E-state index is 0.0322. The van der Waals surface area contributed by atoms with Crippen LogP contribution in [0.2, 0.25) is 0 Å². The lowest BCUT2D eigenvalue weighted by molar-refractivity contribution is -0.384. The molecule has 11 nitrogen and oxygen atoms in total. The first-order valence-electron chi connectivity index (χ1n) is 11.4. The van der Waals surface area contributed by atoms with E-state index in [2.05, 4.69) is 5.32 Å². The number of barbiturate groups is 1. The third-order valence-electron chi connectivity index (χ3n) is 5.55. The van der Waals surface area contributed by atoms with Gasteiger partial charge >= 0.3 is 6.03 Å². The number of nitrogens with one attached hydrogen (secondary N) is 1. The first-order chi connectivity index (χ1) is 18.3. The third-order valence-corrected chi connectivity index (χ3v) is 5.55. The number of nitro groups is 1. The number of urea groups is 1. The third kappa shape index (κ3) is 5.78. The van der Waals surface area contributed by atoms with E-state index in [-0.39, 0.29) is 24.5 Å². The summed E-state index contributed by atoms with van der Waals surface area (Å²) in [5.74, 6) is -0.333. The number of carbonyl (C=O) groups is 3. The summed E-state index contributed by atoms with van der Waals surface area (Å²) in [7, 11) is 1.45. The Morgan fingerprint density at radius 1 is 0.921 bits per heavy atom. The highest BCUT2D eigenvalue weighted by Crippen LogP contribution is 2.30. The molecule has 0 aromatic heterocycles. The monoisotopic (exact) mass is 517 g/mol. The lowest BCUT2D eigenvalue weighted by Gasteiger charge is -2.26. The summed E-state index contributed by atoms with van der Waals surface area (Å²) in [5.41, 5.74) is 1.53. The zero-order valence-corrected chi connectivity index (χ0v) is 20.5. The lowest BCUT2D eigenvalue weighted by atomic mass is 10.1. The van der Waals surface area contributed by atoms with E-state index in [9.17, 15) is 24.5 Å². The number of non-ortho nitro benzene ring substituents is 1. The molecular weight excluding hydrogens is 494 g/mol. The van der Waals surface area contributed by atoms with Gasteiger partial charge in [-0.15, -0.1) is 0 Å². The summed E-state index contributed by atoms with van der Waals surface area (Å²) in [6, 6.07) is 16.5. The largest absolute Gasteiger partial charge is 0.493 e. The highest BCUT2D eigenvalue weighted by Gasteiger charge is 2.36. The van der Waals surface area contributed by atoms with Gasteiger partial charge in [-0.05, 0) is 55.0 Å². The minimum atomic E-state index is -0.821. The summed E-state index contributed by atoms with van der Waals surface area (Å²) in [6.45, 7) is 2.20. The van der Waals surface area contributed by atoms with Gasteiger partial charge in [0.15, 0.2) is 11.5 Å². The van der Waals surface area contributed by atoms with Crippen molar-refractivity contribution in [2.24, 2.45) is 0 Å². The van der Waals surface area contributed by atoms with Crippen molar-refractivity contribution in [3.63, 3.8) is 0 Å². The second-order valence-electron chi connectivity index (χ2n) is 8.15. The van der Waals surface area contributed by atoms with Gasteiger partial charge < -0.3 is 14.2 Å². The molecule has 4 rings (SSSR count). The molecule has 0 saturated carbocycles. The van der Waals surface area contributed by atoms with Crippen LogP contribution in [0, 0.1) is 17.0 Å². The van der Waals surface area contributed by atoms with Crippen molar-refractivity contribution in [3.05, 3.63) is 93.5 Å². The van der Waals surface area contributed by atoms with Crippen molar-refractivity contribution in [1.29, 1.82) is 0 Å². The van der Waals surface area contributed by atoms with Crippen LogP contribution in [0.15, 0.2) is 72.3 Å². The molecule has 1 aliphatic heterocycles. The predicted octanol–water partition coefficient (Wildman–Crippen LogP) is 4.04. The standard InChI is InChI=1S/C27H23N3O8/c1-17-3-6-19(7-4-17)29-26(32)22(25(31)28-27(29)33)15-18-5-12-23(24(16-18)36-2)38-14-13-37-21-10-8-20(9-11-21)30(34)35/h3-12,15-16H,13-14H2,1-2H3,(H,28,31,33). The number of anilines is 1. The molecule has 0 unspecified atom stereocenters. The summed E-state index contributed by atoms with van der Waals surface area (Å²) in [4.78, 5) is 49.1. The summed E-state index contributed by atoms with van der Waals surface area (Å²) in [6.07, 6.45) is 1.37. The van der Waals surface area contributed by atoms with E-state index in [0.717, 1.165) is 10.5 Å². The van der Waals surface area contributed by atoms with Gasteiger partial charge in [0, 0.05) is 12.1 Å². The van der Waals surface area contributed by atoms with Crippen molar-refractivity contribution in [2.45, 2.75) is 6.92 Å². The second kappa shape index (κ2) is 11.2. The number of nitro benzene ring substituents is 1. The van der Waals surface area contributed by atoms with Crippen LogP contribution < -0.4 is 24.4 Å². The molecule has 4 amide bonds. The van der Waals surface area contributed by atoms with Gasteiger partial charge in [-0.25, -0.2) is 9.69 Å². The maximum absolute atomic E-state index is 13.1. The summed E-state index contributed by atoms with van der Waals surface area (Å²) >= 11 is 0. The molecule has 38 heavy (non-hydrogen) atoms. The molecule has 1 N–H and O–H groups in total. The van der Waals surface area contributed by atoms with E-state index in [4.69, 9.17) is 14.2 Å². The first-order valence-corrected chi connectivity index (χ1v) is 11.4. The molecule has 0 spiro atoms. The number of rotatable bonds is 9. The fourth-order valence-electron chi connectivity index (χ4n) is 3.62. The molecule has 11 heteroatoms. The molecule has 1 heterocycles. The van der Waals surface area contributed by atoms with Crippen LogP contribution in [0.1, 0.15) is 11.1 Å². The quantitative estimate of drug-likeness (QED) is 0.148. The zero-order valence-electron chi connectivity index (χ0n) is 20.5. The summed E-state index contributed by atoms with van der Waals surface area (Å²) < 4.78 is 16.6. The number of hydrogen-bond donors (Lipinski definition) is 1. The van der Waals surface area contributed by atoms with Crippen molar-refractivity contribution < 1.29 is 33.5 Å². The number of imide groups is 2. The highest BCUT2D eigenvalue weighted by molar-refractivity contribution is 6.39. The van der Waals surface area contributed by atoms with Crippen LogP contribution >= 0.6 is 0 Å². The fraction of sp³-hybridized carbons (Fsp3) is 0.148. The van der Waals surface area contributed by atoms with Gasteiger partial charge in [0.25, 0.3) is 17.5 Å². The average molecular weight is 517 g/mol. The van der Waals surface area contributed by atoms with E-state index in [1.54, 1.807) is 42.5 Å². The van der Waals surface area contributed by atoms with E-state index in [1.807, 2.05) is 6.92 Å². The van der Waals surface area contributed by atoms with Crippen molar-refractivity contribution in [3.8, 4) is 17.2 Å². The second-order valence-corrected chi connectivity index (χ2v) is 8.15. The van der Waals surface area contributed by atoms with E-state index in [1.165, 1.54) is 37.5 Å². The molecule has 1 saturated heterocycles. The van der Waals surface area contributed by atoms with Crippen LogP contribution in [0.3, 0.4) is 0 Å². The van der Waals surface area contributed by atoms with Gasteiger partial charge in [0.05, 0.1) is 17.7 Å². The van der Waals surface area contributed by atoms with Crippen LogP contribution in [-0.4, -0.2) is 43.1 Å². The fourth-order valence-corrected chi connectivity index (χ4v) is 3.62. The Bertz CT molecular complexity index is 1420. The number of aryl methyl sites for hydroxylation is 1. The zero-order chi connectivity index (χ0) is 27.2. The molecule has 0 bridgehead atoms. The maximum Gasteiger partial charge on any atom is 0.335 e. The minimum Gasteiger partial charge on any atom is -0.493 e. The Kier molecular flexibility index (Phi) is 7.66. The molecule has 3 aromatic rings. The van der Waals surface area contributed by atoms with Gasteiger partial charge in [0.1, 0.15) is 24.5 Å². The molecule has 0 radical (unpaired) electrons. The molecule has 1 fully saturated rings. The van der Waals surface area contributed by atoms with Gasteiger partial charge in [-0.2, -0.15) is 0 Å². The lowest BCUT2D eigenvalue weighted by Crippen LogP contribution is -2.54. The molecule has 1 aliphatic rings. The first kappa shape index (κ1) is 25.9. The average Bonchev–Trinajstić information content (AvgIpc) is 2.90. The van der Waals surface area contributed by atoms with Gasteiger partial charge in [-0.1, -0.05) is 23.8 Å². The Balaban J connectivity index is 1.44. The maximum atomic E-state index is 13.1. The van der Waals surface area contributed by atoms with Crippen LogP contribution in [0.25, 0.3) is 6.08 Å². The predicted molar refractivity (Wildman–Crippen MR) is 137 cm³/mol. The van der Waals surface area contributed by atoms with Crippen molar-refractivity contribution in [1.82, 2.24) is 5.32 Å². The smallest absolute Gasteiger partial charge is 0.335 e. The molecule has 0 aliphatic carbocycles. The molecular formula is C27H23N3O8. The van der Waals surface area contributed by atoms with Gasteiger partial charge in [-0.3, -0.25) is 25.0 Å². The Labute approximate surface area is 217 Å². The van der Waals surface area contributed by atoms with Crippen LogP contribution in [-0.2, 0) is 9.59 Å². The molecule has 0 atom stereocenters. The number of carbonyl (C=O) groups excluding carboxylic acids is 3. The number of nitrogens with zero attached hydrogens (tertiary/aromatic N) is 2. The van der Waals surface area contributed by atoms with Crippen LogP contribution in [0.4, 0.5) is 16.2 Å². The number of methoxy groups -OCH3 is 1. The van der Waals surface area contributed by atoms with E-state index < -0.39 is 22.8 Å². The molecule has 3 aromatic carbocycles. The number of ether oxygens (including phenoxy) is 3. The number of amides is 4. The van der Waals surface area contributed by atoms with Gasteiger partial charge in [0.2, 0.25) is 0 Å². The van der Waals surface area contributed by atoms with Crippen molar-refractivity contribution >= 4 is 35.3 Å². The Morgan fingerprint density at radius 3 is 2.26 bits per heavy atom. The van der Waals surface area contributed by atoms with Crippen molar-refractivity contribution in [2.75, 3.05) is 25.2 Å². The summed E-state index contributed by atoms with van der Waals surface area (Å²) in [5, 5.41) is 12.9. The SMILES string of the molecule is COc1cc(C=C2C(=O)NC(=O)N(c3ccc(C)cc3)C2=O)ccc1OCCOc1ccc([N+](=O)[O-])cc1. The Morgan fingerprint density at radius 2 is 1.61 bits per heavy atom. The van der Waals surface area contributed by atoms with E-state index >= 15 is 0 Å². The number of benzene rings is 3.